The van der Waals surface area contributed by atoms with Crippen molar-refractivity contribution in [3.8, 4) is 6.07 Å². The molecule has 3 aromatic rings. The number of nitrogens with one attached hydrogen (secondary N) is 1. The summed E-state index contributed by atoms with van der Waals surface area (Å²) in [6.07, 6.45) is 2.96. The lowest BCUT2D eigenvalue weighted by atomic mass is 9.85. The summed E-state index contributed by atoms with van der Waals surface area (Å²) >= 11 is 5.94. The highest BCUT2D eigenvalue weighted by Gasteiger charge is 2.47. The Kier molecular flexibility index (Phi) is 9.09. The van der Waals surface area contributed by atoms with Crippen molar-refractivity contribution in [3.63, 3.8) is 0 Å². The van der Waals surface area contributed by atoms with E-state index in [0.29, 0.717) is 59.7 Å². The summed E-state index contributed by atoms with van der Waals surface area (Å²) in [4.78, 5) is 36.2. The summed E-state index contributed by atoms with van der Waals surface area (Å²) in [7, 11) is 0. The van der Waals surface area contributed by atoms with E-state index in [1.165, 1.54) is 23.4 Å². The molecule has 1 aliphatic heterocycles. The van der Waals surface area contributed by atoms with E-state index in [1.807, 2.05) is 6.92 Å². The Bertz CT molecular complexity index is 1670. The Hall–Kier alpha value is -3.78. The monoisotopic (exact) mass is 640 g/mol. The number of aromatic nitrogens is 3. The molecule has 1 aliphatic carbocycles. The minimum absolute atomic E-state index is 0.0844. The fraction of sp³-hybridized carbons (Fsp3) is 0.545. The van der Waals surface area contributed by atoms with Crippen LogP contribution in [0.5, 0.6) is 0 Å². The lowest BCUT2D eigenvalue weighted by Crippen LogP contribution is -2.44. The molecule has 0 bridgehead atoms. The van der Waals surface area contributed by atoms with E-state index in [1.54, 1.807) is 43.5 Å². The number of halogens is 3. The van der Waals surface area contributed by atoms with E-state index >= 15 is 8.78 Å². The van der Waals surface area contributed by atoms with Crippen LogP contribution in [-0.2, 0) is 22.6 Å². The Morgan fingerprint density at radius 3 is 2.56 bits per heavy atom. The molecule has 2 aliphatic rings. The molecule has 0 unspecified atom stereocenters. The van der Waals surface area contributed by atoms with Gasteiger partial charge in [-0.15, -0.1) is 11.6 Å². The second kappa shape index (κ2) is 12.5. The van der Waals surface area contributed by atoms with Crippen molar-refractivity contribution in [1.82, 2.24) is 19.4 Å². The second-order valence-electron chi connectivity index (χ2n) is 13.1. The number of carbonyl (C=O) groups excluding carboxylic acids is 1. The lowest BCUT2D eigenvalue weighted by molar-refractivity contribution is -0.0861. The number of hydrogen-bond acceptors (Lipinski definition) is 7. The zero-order valence-corrected chi connectivity index (χ0v) is 26.8. The van der Waals surface area contributed by atoms with E-state index in [2.05, 4.69) is 21.4 Å². The molecule has 2 aromatic heterocycles. The quantitative estimate of drug-likeness (QED) is 0.254. The molecule has 240 valence electrons. The number of hydrogen-bond donors (Lipinski definition) is 1. The predicted molar refractivity (Wildman–Crippen MR) is 169 cm³/mol. The van der Waals surface area contributed by atoms with Gasteiger partial charge in [0.2, 0.25) is 0 Å². The summed E-state index contributed by atoms with van der Waals surface area (Å²) in [5.41, 5.74) is -0.340. The van der Waals surface area contributed by atoms with Gasteiger partial charge in [-0.25, -0.2) is 23.5 Å². The summed E-state index contributed by atoms with van der Waals surface area (Å²) < 4.78 is 38.7. The maximum Gasteiger partial charge on any atom is 0.410 e. The van der Waals surface area contributed by atoms with Crippen LogP contribution >= 0.6 is 11.6 Å². The molecule has 0 radical (unpaired) electrons. The number of nitriles is 1. The van der Waals surface area contributed by atoms with Gasteiger partial charge in [-0.3, -0.25) is 9.36 Å². The molecule has 2 fully saturated rings. The molecule has 1 saturated carbocycles. The summed E-state index contributed by atoms with van der Waals surface area (Å²) in [5, 5.41) is 13.8. The molecule has 45 heavy (non-hydrogen) atoms. The third kappa shape index (κ3) is 6.76. The van der Waals surface area contributed by atoms with Gasteiger partial charge in [-0.1, -0.05) is 18.2 Å². The van der Waals surface area contributed by atoms with Crippen molar-refractivity contribution in [3.05, 3.63) is 63.7 Å². The van der Waals surface area contributed by atoms with Gasteiger partial charge in [0.25, 0.3) is 11.5 Å². The smallest absolute Gasteiger partial charge is 0.410 e. The largest absolute Gasteiger partial charge is 0.444 e. The van der Waals surface area contributed by atoms with Gasteiger partial charge >= 0.3 is 6.09 Å². The van der Waals surface area contributed by atoms with Gasteiger partial charge in [-0.2, -0.15) is 5.26 Å². The van der Waals surface area contributed by atoms with Crippen LogP contribution in [0.3, 0.4) is 0 Å². The minimum Gasteiger partial charge on any atom is -0.444 e. The third-order valence-corrected chi connectivity index (χ3v) is 8.93. The molecule has 1 aromatic carbocycles. The number of aryl methyl sites for hydroxylation is 1. The number of nitrogens with zero attached hydrogens (tertiary/aromatic N) is 5. The zero-order valence-electron chi connectivity index (χ0n) is 26.1. The van der Waals surface area contributed by atoms with Crippen molar-refractivity contribution in [2.24, 2.45) is 5.92 Å². The zero-order chi connectivity index (χ0) is 32.6. The predicted octanol–water partition coefficient (Wildman–Crippen LogP) is 6.89. The number of fused-ring (bicyclic) bond motifs is 1. The van der Waals surface area contributed by atoms with Crippen LogP contribution in [0.25, 0.3) is 11.0 Å². The molecular formula is C33H39ClF2N6O3. The second-order valence-corrected chi connectivity index (χ2v) is 13.4. The van der Waals surface area contributed by atoms with Crippen molar-refractivity contribution in [2.45, 2.75) is 89.3 Å². The number of benzene rings is 1. The summed E-state index contributed by atoms with van der Waals surface area (Å²) in [6, 6.07) is 9.94. The van der Waals surface area contributed by atoms with Gasteiger partial charge in [0, 0.05) is 48.6 Å². The average molecular weight is 641 g/mol. The first-order valence-electron chi connectivity index (χ1n) is 15.4. The number of carbonyl (C=O) groups is 1. The number of anilines is 1. The molecule has 3 heterocycles. The van der Waals surface area contributed by atoms with Gasteiger partial charge < -0.3 is 15.0 Å². The molecule has 12 heteroatoms. The van der Waals surface area contributed by atoms with Crippen LogP contribution in [0, 0.1) is 17.2 Å². The van der Waals surface area contributed by atoms with Crippen LogP contribution in [-0.4, -0.2) is 50.1 Å². The maximum atomic E-state index is 15.9. The van der Waals surface area contributed by atoms with Crippen LogP contribution in [0.4, 0.5) is 19.4 Å². The van der Waals surface area contributed by atoms with Crippen molar-refractivity contribution in [2.75, 3.05) is 24.3 Å². The van der Waals surface area contributed by atoms with Crippen LogP contribution in [0.1, 0.15) is 82.5 Å². The Morgan fingerprint density at radius 1 is 1.22 bits per heavy atom. The van der Waals surface area contributed by atoms with E-state index in [0.717, 1.165) is 0 Å². The number of likely N-dealkylation sites (tertiary alicyclic amines) is 1. The first-order chi connectivity index (χ1) is 21.3. The molecule has 1 saturated heterocycles. The van der Waals surface area contributed by atoms with Gasteiger partial charge in [-0.05, 0) is 77.5 Å². The van der Waals surface area contributed by atoms with Crippen molar-refractivity contribution < 1.29 is 18.3 Å². The highest BCUT2D eigenvalue weighted by atomic mass is 35.5. The molecule has 1 N–H and O–H groups in total. The fourth-order valence-electron chi connectivity index (χ4n) is 5.92. The van der Waals surface area contributed by atoms with Crippen LogP contribution < -0.4 is 10.9 Å². The normalized spacial score (nSPS) is 17.5. The number of amides is 1. The summed E-state index contributed by atoms with van der Waals surface area (Å²) in [5.74, 6) is -3.22. The first-order valence-corrected chi connectivity index (χ1v) is 15.9. The number of pyridine rings is 1. The Balaban J connectivity index is 1.38. The summed E-state index contributed by atoms with van der Waals surface area (Å²) in [6.45, 7) is 7.94. The van der Waals surface area contributed by atoms with Crippen molar-refractivity contribution in [1.29, 1.82) is 5.26 Å². The average Bonchev–Trinajstić information content (AvgIpc) is 3.81. The molecule has 0 spiro atoms. The topological polar surface area (TPSA) is 113 Å². The number of rotatable bonds is 9. The van der Waals surface area contributed by atoms with E-state index in [4.69, 9.17) is 16.3 Å². The lowest BCUT2D eigenvalue weighted by Gasteiger charge is -2.36. The van der Waals surface area contributed by atoms with Gasteiger partial charge in [0.1, 0.15) is 23.4 Å². The Labute approximate surface area is 266 Å². The molecule has 1 atom stereocenters. The third-order valence-electron chi connectivity index (χ3n) is 8.66. The Morgan fingerprint density at radius 2 is 1.93 bits per heavy atom. The molecular weight excluding hydrogens is 602 g/mol. The number of ether oxygens (including phenoxy) is 1. The maximum absolute atomic E-state index is 15.9. The fourth-order valence-corrected chi connectivity index (χ4v) is 6.04. The van der Waals surface area contributed by atoms with Crippen LogP contribution in [0.2, 0.25) is 0 Å². The molecule has 5 rings (SSSR count). The highest BCUT2D eigenvalue weighted by Crippen LogP contribution is 2.47. The SMILES string of the molecule is C[C@@H](Nc1ncnc2c1cc(C1(C#N)CC1)c(=O)n2CCCCl)c1cccc(C(F)(F)C2CCN(C(=O)OC(C)(C)C)CC2)c1. The standard InChI is InChI=1S/C33H39ClF2N6O3/c1-21(22-7-5-8-24(17-22)33(35,36)23-9-15-41(16-10-23)30(44)45-31(2,3)4)40-27-25-18-26(32(19-37)11-12-32)29(43)42(14-6-13-34)28(25)39-20-38-27/h5,7-8,17-18,20-21,23H,6,9-16H2,1-4H3,(H,38,39,40)/t21-/m1/s1. The number of alkyl halides is 3. The number of piperidine rings is 1. The van der Waals surface area contributed by atoms with Crippen molar-refractivity contribution >= 4 is 34.5 Å². The van der Waals surface area contributed by atoms with E-state index in [9.17, 15) is 14.9 Å². The first kappa shape index (κ1) is 32.6. The van der Waals surface area contributed by atoms with E-state index < -0.39 is 35.0 Å². The van der Waals surface area contributed by atoms with E-state index in [-0.39, 0.29) is 37.1 Å². The minimum atomic E-state index is -3.10. The molecule has 9 nitrogen and oxygen atoms in total. The van der Waals surface area contributed by atoms with Gasteiger partial charge in [0.05, 0.1) is 16.9 Å². The van der Waals surface area contributed by atoms with Gasteiger partial charge in [0.15, 0.2) is 0 Å². The molecule has 1 amide bonds. The van der Waals surface area contributed by atoms with Crippen LogP contribution in [0.15, 0.2) is 41.5 Å². The highest BCUT2D eigenvalue weighted by molar-refractivity contribution is 6.17.